The van der Waals surface area contributed by atoms with Crippen molar-refractivity contribution in [1.29, 1.82) is 0 Å². The van der Waals surface area contributed by atoms with E-state index in [1.165, 1.54) is 0 Å². The standard InChI is InChI=1S/C17H19ClN2O2/c1-11-4-5-13(18)10-16(11)19-12(2)17(21)20-14-6-8-15(22-3)9-7-14/h4-10,12,19H,1-3H3,(H,20,21)/t12-/m0/s1. The van der Waals surface area contributed by atoms with Crippen molar-refractivity contribution in [1.82, 2.24) is 0 Å². The molecule has 0 aliphatic carbocycles. The molecule has 116 valence electrons. The first-order valence-corrected chi connectivity index (χ1v) is 7.35. The Bertz CT molecular complexity index is 656. The molecule has 0 fully saturated rings. The van der Waals surface area contributed by atoms with Crippen LogP contribution in [0.3, 0.4) is 0 Å². The lowest BCUT2D eigenvalue weighted by Crippen LogP contribution is -2.32. The largest absolute Gasteiger partial charge is 0.497 e. The van der Waals surface area contributed by atoms with Gasteiger partial charge in [0, 0.05) is 16.4 Å². The summed E-state index contributed by atoms with van der Waals surface area (Å²) in [4.78, 5) is 12.2. The van der Waals surface area contributed by atoms with Gasteiger partial charge in [0.1, 0.15) is 11.8 Å². The van der Waals surface area contributed by atoms with Crippen molar-refractivity contribution < 1.29 is 9.53 Å². The third kappa shape index (κ3) is 4.15. The average Bonchev–Trinajstić information content (AvgIpc) is 2.51. The number of hydrogen-bond donors (Lipinski definition) is 2. The Morgan fingerprint density at radius 3 is 2.50 bits per heavy atom. The number of benzene rings is 2. The minimum Gasteiger partial charge on any atom is -0.497 e. The number of amides is 1. The highest BCUT2D eigenvalue weighted by Crippen LogP contribution is 2.21. The zero-order valence-electron chi connectivity index (χ0n) is 12.8. The number of nitrogens with one attached hydrogen (secondary N) is 2. The van der Waals surface area contributed by atoms with Gasteiger partial charge < -0.3 is 15.4 Å². The van der Waals surface area contributed by atoms with Gasteiger partial charge in [-0.15, -0.1) is 0 Å². The smallest absolute Gasteiger partial charge is 0.246 e. The summed E-state index contributed by atoms with van der Waals surface area (Å²) in [5, 5.41) is 6.66. The Hall–Kier alpha value is -2.20. The SMILES string of the molecule is COc1ccc(NC(=O)[C@H](C)Nc2cc(Cl)ccc2C)cc1. The second kappa shape index (κ2) is 7.18. The Kier molecular flexibility index (Phi) is 5.28. The Labute approximate surface area is 135 Å². The number of anilines is 2. The molecular weight excluding hydrogens is 300 g/mol. The van der Waals surface area contributed by atoms with Crippen LogP contribution in [0.2, 0.25) is 5.02 Å². The van der Waals surface area contributed by atoms with E-state index < -0.39 is 0 Å². The van der Waals surface area contributed by atoms with Gasteiger partial charge in [0.2, 0.25) is 5.91 Å². The number of carbonyl (C=O) groups excluding carboxylic acids is 1. The summed E-state index contributed by atoms with van der Waals surface area (Å²) in [5.74, 6) is 0.628. The van der Waals surface area contributed by atoms with E-state index in [0.29, 0.717) is 5.02 Å². The first-order chi connectivity index (χ1) is 10.5. The van der Waals surface area contributed by atoms with Gasteiger partial charge in [-0.25, -0.2) is 0 Å². The van der Waals surface area contributed by atoms with Crippen molar-refractivity contribution >= 4 is 28.9 Å². The lowest BCUT2D eigenvalue weighted by molar-refractivity contribution is -0.116. The molecule has 2 aromatic carbocycles. The Morgan fingerprint density at radius 1 is 1.18 bits per heavy atom. The minimum atomic E-state index is -0.390. The molecule has 0 spiro atoms. The lowest BCUT2D eigenvalue weighted by atomic mass is 10.1. The van der Waals surface area contributed by atoms with Crippen LogP contribution in [0.1, 0.15) is 12.5 Å². The maximum Gasteiger partial charge on any atom is 0.246 e. The monoisotopic (exact) mass is 318 g/mol. The van der Waals surface area contributed by atoms with Gasteiger partial charge >= 0.3 is 0 Å². The molecule has 0 aliphatic heterocycles. The quantitative estimate of drug-likeness (QED) is 0.872. The number of carbonyl (C=O) groups is 1. The lowest BCUT2D eigenvalue weighted by Gasteiger charge is -2.17. The Morgan fingerprint density at radius 2 is 1.86 bits per heavy atom. The van der Waals surface area contributed by atoms with Crippen LogP contribution in [-0.2, 0) is 4.79 Å². The predicted molar refractivity (Wildman–Crippen MR) is 90.9 cm³/mol. The van der Waals surface area contributed by atoms with Gasteiger partial charge in [-0.2, -0.15) is 0 Å². The van der Waals surface area contributed by atoms with E-state index in [2.05, 4.69) is 10.6 Å². The molecule has 1 amide bonds. The van der Waals surface area contributed by atoms with E-state index in [4.69, 9.17) is 16.3 Å². The van der Waals surface area contributed by atoms with Crippen molar-refractivity contribution in [2.24, 2.45) is 0 Å². The first-order valence-electron chi connectivity index (χ1n) is 6.97. The Balaban J connectivity index is 2.00. The molecule has 22 heavy (non-hydrogen) atoms. The molecule has 0 heterocycles. The zero-order valence-corrected chi connectivity index (χ0v) is 13.6. The molecule has 0 saturated heterocycles. The van der Waals surface area contributed by atoms with Gasteiger partial charge in [0.05, 0.1) is 7.11 Å². The fourth-order valence-electron chi connectivity index (χ4n) is 1.97. The molecule has 2 aromatic rings. The number of aryl methyl sites for hydroxylation is 1. The van der Waals surface area contributed by atoms with E-state index in [1.54, 1.807) is 38.3 Å². The molecular formula is C17H19ClN2O2. The summed E-state index contributed by atoms with van der Waals surface area (Å²) in [6.45, 7) is 3.77. The normalized spacial score (nSPS) is 11.6. The summed E-state index contributed by atoms with van der Waals surface area (Å²) in [6, 6.07) is 12.4. The van der Waals surface area contributed by atoms with Crippen LogP contribution in [0.5, 0.6) is 5.75 Å². The summed E-state index contributed by atoms with van der Waals surface area (Å²) >= 11 is 5.99. The topological polar surface area (TPSA) is 50.4 Å². The van der Waals surface area contributed by atoms with Crippen LogP contribution in [0.15, 0.2) is 42.5 Å². The minimum absolute atomic E-state index is 0.121. The molecule has 0 unspecified atom stereocenters. The van der Waals surface area contributed by atoms with Crippen LogP contribution in [0.4, 0.5) is 11.4 Å². The van der Waals surface area contributed by atoms with Crippen molar-refractivity contribution in [3.8, 4) is 5.75 Å². The van der Waals surface area contributed by atoms with Crippen molar-refractivity contribution in [2.75, 3.05) is 17.7 Å². The molecule has 5 heteroatoms. The van der Waals surface area contributed by atoms with E-state index in [0.717, 1.165) is 22.7 Å². The summed E-state index contributed by atoms with van der Waals surface area (Å²) in [7, 11) is 1.60. The second-order valence-electron chi connectivity index (χ2n) is 5.04. The molecule has 2 rings (SSSR count). The van der Waals surface area contributed by atoms with Gasteiger partial charge in [0.25, 0.3) is 0 Å². The second-order valence-corrected chi connectivity index (χ2v) is 5.48. The van der Waals surface area contributed by atoms with Gasteiger partial charge in [-0.1, -0.05) is 17.7 Å². The molecule has 0 aromatic heterocycles. The van der Waals surface area contributed by atoms with Gasteiger partial charge in [0.15, 0.2) is 0 Å². The van der Waals surface area contributed by atoms with Crippen molar-refractivity contribution in [3.05, 3.63) is 53.1 Å². The predicted octanol–water partition coefficient (Wildman–Crippen LogP) is 4.10. The third-order valence-electron chi connectivity index (χ3n) is 3.32. The summed E-state index contributed by atoms with van der Waals surface area (Å²) in [6.07, 6.45) is 0. The first kappa shape index (κ1) is 16.2. The van der Waals surface area contributed by atoms with E-state index in [9.17, 15) is 4.79 Å². The molecule has 0 saturated carbocycles. The highest BCUT2D eigenvalue weighted by atomic mass is 35.5. The highest BCUT2D eigenvalue weighted by molar-refractivity contribution is 6.30. The average molecular weight is 319 g/mol. The van der Waals surface area contributed by atoms with Gasteiger partial charge in [-0.3, -0.25) is 4.79 Å². The number of ether oxygens (including phenoxy) is 1. The molecule has 0 aliphatic rings. The van der Waals surface area contributed by atoms with Crippen LogP contribution < -0.4 is 15.4 Å². The number of halogens is 1. The summed E-state index contributed by atoms with van der Waals surface area (Å²) < 4.78 is 5.09. The molecule has 2 N–H and O–H groups in total. The fourth-order valence-corrected chi connectivity index (χ4v) is 2.15. The number of rotatable bonds is 5. The fraction of sp³-hybridized carbons (Fsp3) is 0.235. The van der Waals surface area contributed by atoms with E-state index >= 15 is 0 Å². The molecule has 1 atom stereocenters. The maximum atomic E-state index is 12.2. The maximum absolute atomic E-state index is 12.2. The number of hydrogen-bond acceptors (Lipinski definition) is 3. The van der Waals surface area contributed by atoms with Crippen LogP contribution in [-0.4, -0.2) is 19.1 Å². The van der Waals surface area contributed by atoms with E-state index in [-0.39, 0.29) is 11.9 Å². The molecule has 4 nitrogen and oxygen atoms in total. The highest BCUT2D eigenvalue weighted by Gasteiger charge is 2.14. The van der Waals surface area contributed by atoms with E-state index in [1.807, 2.05) is 25.1 Å². The molecule has 0 bridgehead atoms. The summed E-state index contributed by atoms with van der Waals surface area (Å²) in [5.41, 5.74) is 2.61. The third-order valence-corrected chi connectivity index (χ3v) is 3.56. The van der Waals surface area contributed by atoms with Crippen molar-refractivity contribution in [2.45, 2.75) is 19.9 Å². The zero-order chi connectivity index (χ0) is 16.1. The van der Waals surface area contributed by atoms with Crippen LogP contribution in [0, 0.1) is 6.92 Å². The van der Waals surface area contributed by atoms with Crippen LogP contribution in [0.25, 0.3) is 0 Å². The molecule has 0 radical (unpaired) electrons. The van der Waals surface area contributed by atoms with Gasteiger partial charge in [-0.05, 0) is 55.8 Å². The van der Waals surface area contributed by atoms with Crippen LogP contribution >= 0.6 is 11.6 Å². The number of methoxy groups -OCH3 is 1. The van der Waals surface area contributed by atoms with Crippen molar-refractivity contribution in [3.63, 3.8) is 0 Å².